The second-order valence-electron chi connectivity index (χ2n) is 7.79. The highest BCUT2D eigenvalue weighted by Gasteiger charge is 2.29. The minimum Gasteiger partial charge on any atom is -0.480 e. The van der Waals surface area contributed by atoms with E-state index in [4.69, 9.17) is 4.74 Å². The van der Waals surface area contributed by atoms with Gasteiger partial charge < -0.3 is 15.2 Å². The Morgan fingerprint density at radius 3 is 2.27 bits per heavy atom. The van der Waals surface area contributed by atoms with Gasteiger partial charge in [-0.3, -0.25) is 14.8 Å². The van der Waals surface area contributed by atoms with Crippen molar-refractivity contribution >= 4 is 23.7 Å². The fourth-order valence-electron chi connectivity index (χ4n) is 4.06. The summed E-state index contributed by atoms with van der Waals surface area (Å²) in [6.45, 7) is 1.77. The van der Waals surface area contributed by atoms with Crippen molar-refractivity contribution in [1.29, 1.82) is 0 Å². The number of fused-ring (bicyclic) bond motifs is 3. The molecule has 1 heterocycles. The molecule has 170 valence electrons. The third-order valence-electron chi connectivity index (χ3n) is 5.64. The van der Waals surface area contributed by atoms with Crippen molar-refractivity contribution in [1.82, 2.24) is 15.1 Å². The fraction of sp³-hybridized carbons (Fsp3) is 0.250. The number of carboxylic acid groups (broad SMARTS) is 1. The molecule has 0 saturated heterocycles. The van der Waals surface area contributed by atoms with Gasteiger partial charge in [0, 0.05) is 19.2 Å². The molecule has 0 fully saturated rings. The predicted octanol–water partition coefficient (Wildman–Crippen LogP) is 3.37. The van der Waals surface area contributed by atoms with Gasteiger partial charge in [0.2, 0.25) is 0 Å². The van der Waals surface area contributed by atoms with Crippen LogP contribution >= 0.6 is 0 Å². The number of benzene rings is 2. The van der Waals surface area contributed by atoms with Gasteiger partial charge in [-0.25, -0.2) is 9.59 Å². The summed E-state index contributed by atoms with van der Waals surface area (Å²) in [4.78, 5) is 36.3. The van der Waals surface area contributed by atoms with E-state index in [9.17, 15) is 19.5 Å². The first-order valence-electron chi connectivity index (χ1n) is 10.6. The Hall–Kier alpha value is -4.14. The minimum absolute atomic E-state index is 0.0919. The van der Waals surface area contributed by atoms with Crippen LogP contribution in [0.2, 0.25) is 0 Å². The molecule has 9 nitrogen and oxygen atoms in total. The van der Waals surface area contributed by atoms with E-state index in [-0.39, 0.29) is 30.3 Å². The van der Waals surface area contributed by atoms with Crippen molar-refractivity contribution < 1.29 is 24.2 Å². The molecule has 0 bridgehead atoms. The van der Waals surface area contributed by atoms with Gasteiger partial charge in [0.15, 0.2) is 5.69 Å². The number of nitrogens with one attached hydrogen (secondary N) is 2. The highest BCUT2D eigenvalue weighted by molar-refractivity contribution is 6.02. The molecule has 1 aromatic heterocycles. The van der Waals surface area contributed by atoms with Crippen LogP contribution in [0.5, 0.6) is 0 Å². The standard InChI is InChI=1S/C24H24N4O5/c1-3-19(23(30)31)25-22(29)21-20(12-28(2)27-21)26-24(32)33-13-18-16-10-6-4-8-14(16)15-9-5-7-11-17(15)18/h4-12,18-19H,3,13H2,1-2H3,(H,25,29)(H,26,32)(H,30,31)/t19-/m1/s1. The van der Waals surface area contributed by atoms with E-state index in [1.165, 1.54) is 10.9 Å². The number of aryl methyl sites for hydroxylation is 1. The molecule has 3 aromatic rings. The van der Waals surface area contributed by atoms with Crippen LogP contribution in [0.3, 0.4) is 0 Å². The second kappa shape index (κ2) is 9.15. The zero-order valence-electron chi connectivity index (χ0n) is 18.2. The van der Waals surface area contributed by atoms with E-state index in [2.05, 4.69) is 27.9 Å². The van der Waals surface area contributed by atoms with Crippen LogP contribution in [0.4, 0.5) is 10.5 Å². The van der Waals surface area contributed by atoms with Crippen molar-refractivity contribution in [3.05, 3.63) is 71.5 Å². The Labute approximate surface area is 190 Å². The van der Waals surface area contributed by atoms with Crippen LogP contribution in [-0.2, 0) is 16.6 Å². The number of ether oxygens (including phenoxy) is 1. The van der Waals surface area contributed by atoms with Crippen molar-refractivity contribution in [3.63, 3.8) is 0 Å². The molecule has 0 spiro atoms. The maximum atomic E-state index is 12.6. The first-order valence-corrected chi connectivity index (χ1v) is 10.6. The van der Waals surface area contributed by atoms with Crippen LogP contribution in [0.1, 0.15) is 40.9 Å². The second-order valence-corrected chi connectivity index (χ2v) is 7.79. The summed E-state index contributed by atoms with van der Waals surface area (Å²) >= 11 is 0. The van der Waals surface area contributed by atoms with Crippen LogP contribution in [0.15, 0.2) is 54.7 Å². The Morgan fingerprint density at radius 2 is 1.70 bits per heavy atom. The molecule has 1 atom stereocenters. The summed E-state index contributed by atoms with van der Waals surface area (Å²) in [6.07, 6.45) is 0.936. The molecule has 2 aromatic carbocycles. The summed E-state index contributed by atoms with van der Waals surface area (Å²) in [5, 5.41) is 18.2. The molecule has 3 N–H and O–H groups in total. The van der Waals surface area contributed by atoms with Crippen molar-refractivity contribution in [2.45, 2.75) is 25.3 Å². The molecule has 0 radical (unpaired) electrons. The Balaban J connectivity index is 1.45. The Kier molecular flexibility index (Phi) is 6.12. The number of anilines is 1. The minimum atomic E-state index is -1.15. The number of aliphatic carboxylic acids is 1. The summed E-state index contributed by atoms with van der Waals surface area (Å²) < 4.78 is 6.87. The lowest BCUT2D eigenvalue weighted by Gasteiger charge is -2.15. The molecule has 4 rings (SSSR count). The maximum Gasteiger partial charge on any atom is 0.411 e. The zero-order chi connectivity index (χ0) is 23.5. The number of hydrogen-bond acceptors (Lipinski definition) is 5. The normalized spacial score (nSPS) is 13.0. The monoisotopic (exact) mass is 448 g/mol. The molecule has 1 aliphatic carbocycles. The zero-order valence-corrected chi connectivity index (χ0v) is 18.2. The van der Waals surface area contributed by atoms with Gasteiger partial charge >= 0.3 is 12.1 Å². The third-order valence-corrected chi connectivity index (χ3v) is 5.64. The van der Waals surface area contributed by atoms with E-state index >= 15 is 0 Å². The number of nitrogens with zero attached hydrogens (tertiary/aromatic N) is 2. The number of rotatable bonds is 7. The van der Waals surface area contributed by atoms with Crippen molar-refractivity contribution in [2.75, 3.05) is 11.9 Å². The molecular weight excluding hydrogens is 424 g/mol. The smallest absolute Gasteiger partial charge is 0.411 e. The average molecular weight is 448 g/mol. The summed E-state index contributed by atoms with van der Waals surface area (Å²) in [6, 6.07) is 15.0. The topological polar surface area (TPSA) is 123 Å². The number of hydrogen-bond donors (Lipinski definition) is 3. The number of carbonyl (C=O) groups excluding carboxylic acids is 2. The lowest BCUT2D eigenvalue weighted by atomic mass is 9.98. The SMILES string of the molecule is CC[C@@H](NC(=O)c1nn(C)cc1NC(=O)OCC1c2ccccc2-c2ccccc21)C(=O)O. The maximum absolute atomic E-state index is 12.6. The number of carbonyl (C=O) groups is 3. The molecule has 0 unspecified atom stereocenters. The van der Waals surface area contributed by atoms with Gasteiger partial charge in [0.25, 0.3) is 5.91 Å². The molecule has 1 aliphatic rings. The van der Waals surface area contributed by atoms with E-state index in [1.54, 1.807) is 14.0 Å². The van der Waals surface area contributed by atoms with E-state index in [0.717, 1.165) is 22.3 Å². The highest BCUT2D eigenvalue weighted by atomic mass is 16.5. The Bertz CT molecular complexity index is 1170. The number of aromatic nitrogens is 2. The van der Waals surface area contributed by atoms with E-state index in [0.29, 0.717) is 0 Å². The number of carboxylic acids is 1. The van der Waals surface area contributed by atoms with Gasteiger partial charge in [-0.2, -0.15) is 5.10 Å². The van der Waals surface area contributed by atoms with E-state index in [1.807, 2.05) is 36.4 Å². The average Bonchev–Trinajstić information content (AvgIpc) is 3.33. The lowest BCUT2D eigenvalue weighted by molar-refractivity contribution is -0.139. The van der Waals surface area contributed by atoms with Gasteiger partial charge in [-0.05, 0) is 28.7 Å². The molecule has 2 amide bonds. The van der Waals surface area contributed by atoms with Crippen LogP contribution in [0, 0.1) is 0 Å². The van der Waals surface area contributed by atoms with Gasteiger partial charge in [-0.15, -0.1) is 0 Å². The number of amides is 2. The predicted molar refractivity (Wildman–Crippen MR) is 121 cm³/mol. The Morgan fingerprint density at radius 1 is 1.09 bits per heavy atom. The molecule has 33 heavy (non-hydrogen) atoms. The highest BCUT2D eigenvalue weighted by Crippen LogP contribution is 2.44. The van der Waals surface area contributed by atoms with Gasteiger partial charge in [0.05, 0.1) is 5.69 Å². The molecule has 9 heteroatoms. The van der Waals surface area contributed by atoms with E-state index < -0.39 is 24.0 Å². The fourth-order valence-corrected chi connectivity index (χ4v) is 4.06. The molecule has 0 saturated carbocycles. The summed E-state index contributed by atoms with van der Waals surface area (Å²) in [5.41, 5.74) is 4.46. The van der Waals surface area contributed by atoms with Gasteiger partial charge in [0.1, 0.15) is 12.6 Å². The van der Waals surface area contributed by atoms with Gasteiger partial charge in [-0.1, -0.05) is 55.5 Å². The summed E-state index contributed by atoms with van der Waals surface area (Å²) in [5.74, 6) is -1.94. The van der Waals surface area contributed by atoms with Crippen LogP contribution < -0.4 is 10.6 Å². The largest absolute Gasteiger partial charge is 0.480 e. The summed E-state index contributed by atoms with van der Waals surface area (Å²) in [7, 11) is 1.59. The molecule has 0 aliphatic heterocycles. The first kappa shape index (κ1) is 22.1. The van der Waals surface area contributed by atoms with Crippen LogP contribution in [-0.4, -0.2) is 45.5 Å². The lowest BCUT2D eigenvalue weighted by Crippen LogP contribution is -2.40. The third kappa shape index (κ3) is 4.43. The quantitative estimate of drug-likeness (QED) is 0.509. The van der Waals surface area contributed by atoms with Crippen LogP contribution in [0.25, 0.3) is 11.1 Å². The molecular formula is C24H24N4O5. The first-order chi connectivity index (χ1) is 15.9. The van der Waals surface area contributed by atoms with Crippen molar-refractivity contribution in [3.8, 4) is 11.1 Å². The van der Waals surface area contributed by atoms with Crippen molar-refractivity contribution in [2.24, 2.45) is 7.05 Å².